The number of hydrogen-bond acceptors (Lipinski definition) is 4. The van der Waals surface area contributed by atoms with E-state index in [0.717, 1.165) is 24.7 Å². The topological polar surface area (TPSA) is 49.2 Å². The van der Waals surface area contributed by atoms with Gasteiger partial charge in [-0.3, -0.25) is 0 Å². The maximum Gasteiger partial charge on any atom is 0.225 e. The molecule has 0 atom stereocenters. The number of hydrogen-bond donors (Lipinski definition) is 1. The molecule has 1 fully saturated rings. The van der Waals surface area contributed by atoms with Gasteiger partial charge in [0.15, 0.2) is 0 Å². The van der Waals surface area contributed by atoms with Gasteiger partial charge in [-0.05, 0) is 37.7 Å². The van der Waals surface area contributed by atoms with E-state index in [0.29, 0.717) is 11.1 Å². The van der Waals surface area contributed by atoms with Crippen LogP contribution >= 0.6 is 0 Å². The Bertz CT molecular complexity index is 416. The first-order valence-corrected chi connectivity index (χ1v) is 6.83. The molecular weight excluding hydrogens is 226 g/mol. The Morgan fingerprint density at radius 1 is 1.33 bits per heavy atom. The summed E-state index contributed by atoms with van der Waals surface area (Å²) < 4.78 is 0. The lowest BCUT2D eigenvalue weighted by Gasteiger charge is -2.26. The molecule has 18 heavy (non-hydrogen) atoms. The molecule has 2 rings (SSSR count). The van der Waals surface area contributed by atoms with Gasteiger partial charge in [-0.25, -0.2) is 9.97 Å². The van der Waals surface area contributed by atoms with E-state index in [2.05, 4.69) is 28.7 Å². The molecule has 1 aliphatic rings. The van der Waals surface area contributed by atoms with Crippen molar-refractivity contribution in [3.8, 4) is 0 Å². The van der Waals surface area contributed by atoms with Crippen LogP contribution in [0.25, 0.3) is 0 Å². The minimum atomic E-state index is -0.0170. The second-order valence-corrected chi connectivity index (χ2v) is 5.34. The van der Waals surface area contributed by atoms with E-state index in [9.17, 15) is 5.11 Å². The van der Waals surface area contributed by atoms with Crippen LogP contribution in [0.15, 0.2) is 6.07 Å². The highest BCUT2D eigenvalue weighted by Gasteiger charge is 2.36. The summed E-state index contributed by atoms with van der Waals surface area (Å²) in [5.41, 5.74) is 2.06. The van der Waals surface area contributed by atoms with E-state index < -0.39 is 0 Å². The summed E-state index contributed by atoms with van der Waals surface area (Å²) in [6.45, 7) is 8.53. The highest BCUT2D eigenvalue weighted by atomic mass is 16.3. The van der Waals surface area contributed by atoms with Crippen molar-refractivity contribution in [1.82, 2.24) is 9.97 Å². The first-order chi connectivity index (χ1) is 8.62. The van der Waals surface area contributed by atoms with Gasteiger partial charge in [0.25, 0.3) is 0 Å². The van der Waals surface area contributed by atoms with Crippen LogP contribution in [-0.2, 0) is 6.61 Å². The standard InChI is InChI=1S/C14H23N3O/c1-4-14(5-2)6-7-17(10-14)13-15-11(3)8-12(9-18)16-13/h8,18H,4-7,9-10H2,1-3H3. The third-order valence-corrected chi connectivity index (χ3v) is 4.28. The summed E-state index contributed by atoms with van der Waals surface area (Å²) in [4.78, 5) is 11.2. The maximum atomic E-state index is 9.22. The van der Waals surface area contributed by atoms with Crippen LogP contribution in [-0.4, -0.2) is 28.2 Å². The van der Waals surface area contributed by atoms with Gasteiger partial charge >= 0.3 is 0 Å². The second kappa shape index (κ2) is 5.22. The van der Waals surface area contributed by atoms with E-state index in [1.807, 2.05) is 13.0 Å². The second-order valence-electron chi connectivity index (χ2n) is 5.34. The SMILES string of the molecule is CCC1(CC)CCN(c2nc(C)cc(CO)n2)C1. The zero-order valence-electron chi connectivity index (χ0n) is 11.6. The molecule has 2 heterocycles. The molecule has 1 aromatic heterocycles. The Kier molecular flexibility index (Phi) is 3.85. The smallest absolute Gasteiger partial charge is 0.225 e. The number of aryl methyl sites for hydroxylation is 1. The van der Waals surface area contributed by atoms with Crippen LogP contribution in [0.2, 0.25) is 0 Å². The van der Waals surface area contributed by atoms with Crippen molar-refractivity contribution >= 4 is 5.95 Å². The third-order valence-electron chi connectivity index (χ3n) is 4.28. The van der Waals surface area contributed by atoms with Gasteiger partial charge in [0.05, 0.1) is 12.3 Å². The van der Waals surface area contributed by atoms with Gasteiger partial charge in [-0.1, -0.05) is 13.8 Å². The normalized spacial score (nSPS) is 18.3. The fraction of sp³-hybridized carbons (Fsp3) is 0.714. The number of rotatable bonds is 4. The van der Waals surface area contributed by atoms with Gasteiger partial charge in [-0.2, -0.15) is 0 Å². The molecule has 1 aromatic rings. The van der Waals surface area contributed by atoms with Crippen molar-refractivity contribution in [2.45, 2.75) is 46.6 Å². The van der Waals surface area contributed by atoms with Crippen LogP contribution in [0.5, 0.6) is 0 Å². The summed E-state index contributed by atoms with van der Waals surface area (Å²) in [6.07, 6.45) is 3.63. The Morgan fingerprint density at radius 2 is 2.06 bits per heavy atom. The molecule has 0 bridgehead atoms. The number of anilines is 1. The molecule has 0 amide bonds. The average Bonchev–Trinajstić information content (AvgIpc) is 2.83. The fourth-order valence-electron chi connectivity index (χ4n) is 2.77. The lowest BCUT2D eigenvalue weighted by Crippen LogP contribution is -2.27. The Morgan fingerprint density at radius 3 is 2.61 bits per heavy atom. The molecular formula is C14H23N3O. The Balaban J connectivity index is 2.21. The summed E-state index contributed by atoms with van der Waals surface area (Å²) in [5, 5.41) is 9.22. The van der Waals surface area contributed by atoms with Crippen molar-refractivity contribution in [3.05, 3.63) is 17.5 Å². The van der Waals surface area contributed by atoms with Gasteiger partial charge in [-0.15, -0.1) is 0 Å². The summed E-state index contributed by atoms with van der Waals surface area (Å²) in [6, 6.07) is 1.84. The number of nitrogens with zero attached hydrogens (tertiary/aromatic N) is 3. The van der Waals surface area contributed by atoms with Crippen molar-refractivity contribution in [3.63, 3.8) is 0 Å². The van der Waals surface area contributed by atoms with Crippen LogP contribution in [0.4, 0.5) is 5.95 Å². The van der Waals surface area contributed by atoms with Gasteiger partial charge < -0.3 is 10.0 Å². The first kappa shape index (κ1) is 13.3. The Labute approximate surface area is 109 Å². The lowest BCUT2D eigenvalue weighted by molar-refractivity contribution is 0.276. The van der Waals surface area contributed by atoms with Crippen LogP contribution in [0.1, 0.15) is 44.5 Å². The van der Waals surface area contributed by atoms with E-state index in [1.54, 1.807) is 0 Å². The molecule has 0 aromatic carbocycles. The largest absolute Gasteiger partial charge is 0.390 e. The minimum absolute atomic E-state index is 0.0170. The molecule has 100 valence electrons. The number of aliphatic hydroxyl groups is 1. The minimum Gasteiger partial charge on any atom is -0.390 e. The number of aromatic nitrogens is 2. The van der Waals surface area contributed by atoms with Crippen LogP contribution in [0, 0.1) is 12.3 Å². The van der Waals surface area contributed by atoms with Crippen LogP contribution < -0.4 is 4.90 Å². The van der Waals surface area contributed by atoms with Gasteiger partial charge in [0.2, 0.25) is 5.95 Å². The third kappa shape index (κ3) is 2.48. The van der Waals surface area contributed by atoms with Crippen molar-refractivity contribution in [2.75, 3.05) is 18.0 Å². The summed E-state index contributed by atoms with van der Waals surface area (Å²) in [5.74, 6) is 0.780. The Hall–Kier alpha value is -1.16. The van der Waals surface area contributed by atoms with Gasteiger partial charge in [0.1, 0.15) is 0 Å². The molecule has 1 saturated heterocycles. The zero-order valence-corrected chi connectivity index (χ0v) is 11.6. The predicted octanol–water partition coefficient (Wildman–Crippen LogP) is 2.29. The molecule has 0 spiro atoms. The molecule has 4 heteroatoms. The highest BCUT2D eigenvalue weighted by molar-refractivity contribution is 5.34. The van der Waals surface area contributed by atoms with E-state index >= 15 is 0 Å². The van der Waals surface area contributed by atoms with E-state index in [4.69, 9.17) is 0 Å². The van der Waals surface area contributed by atoms with Crippen LogP contribution in [0.3, 0.4) is 0 Å². The van der Waals surface area contributed by atoms with E-state index in [-0.39, 0.29) is 6.61 Å². The fourth-order valence-corrected chi connectivity index (χ4v) is 2.77. The van der Waals surface area contributed by atoms with Gasteiger partial charge in [0, 0.05) is 18.8 Å². The quantitative estimate of drug-likeness (QED) is 0.889. The molecule has 0 aliphatic carbocycles. The van der Waals surface area contributed by atoms with Crippen molar-refractivity contribution in [1.29, 1.82) is 0 Å². The molecule has 0 unspecified atom stereocenters. The first-order valence-electron chi connectivity index (χ1n) is 6.83. The van der Waals surface area contributed by atoms with E-state index in [1.165, 1.54) is 19.3 Å². The summed E-state index contributed by atoms with van der Waals surface area (Å²) >= 11 is 0. The van der Waals surface area contributed by atoms with Crippen molar-refractivity contribution < 1.29 is 5.11 Å². The maximum absolute atomic E-state index is 9.22. The highest BCUT2D eigenvalue weighted by Crippen LogP contribution is 2.38. The zero-order chi connectivity index (χ0) is 13.2. The average molecular weight is 249 g/mol. The molecule has 1 N–H and O–H groups in total. The predicted molar refractivity (Wildman–Crippen MR) is 72.5 cm³/mol. The molecule has 0 radical (unpaired) electrons. The van der Waals surface area contributed by atoms with Crippen molar-refractivity contribution in [2.24, 2.45) is 5.41 Å². The molecule has 1 aliphatic heterocycles. The molecule has 0 saturated carbocycles. The monoisotopic (exact) mass is 249 g/mol. The lowest BCUT2D eigenvalue weighted by atomic mass is 9.82. The summed E-state index contributed by atoms with van der Waals surface area (Å²) in [7, 11) is 0. The number of aliphatic hydroxyl groups excluding tert-OH is 1. The molecule has 4 nitrogen and oxygen atoms in total.